The molecule has 0 saturated carbocycles. The van der Waals surface area contributed by atoms with Crippen LogP contribution < -0.4 is 9.54 Å². The molecule has 2 aromatic carbocycles. The Morgan fingerprint density at radius 1 is 1.16 bits per heavy atom. The van der Waals surface area contributed by atoms with E-state index in [0.29, 0.717) is 11.3 Å². The SMILES string of the molecule is CCCc1sc(=NC(=O)c2ccc(OC)c([N+](=O)[O-])c2)n(CC)c1-c1ccc(C)c(C)c1. The Morgan fingerprint density at radius 2 is 1.91 bits per heavy atom. The monoisotopic (exact) mass is 453 g/mol. The Hall–Kier alpha value is -3.26. The number of nitro benzene ring substituents is 1. The van der Waals surface area contributed by atoms with Crippen molar-refractivity contribution < 1.29 is 14.5 Å². The third kappa shape index (κ3) is 4.65. The molecule has 0 fully saturated rings. The highest BCUT2D eigenvalue weighted by molar-refractivity contribution is 7.09. The van der Waals surface area contributed by atoms with Crippen LogP contribution in [0.3, 0.4) is 0 Å². The van der Waals surface area contributed by atoms with Gasteiger partial charge in [-0.25, -0.2) is 0 Å². The summed E-state index contributed by atoms with van der Waals surface area (Å²) in [5.74, 6) is -0.414. The smallest absolute Gasteiger partial charge is 0.311 e. The van der Waals surface area contributed by atoms with Crippen LogP contribution >= 0.6 is 11.3 Å². The van der Waals surface area contributed by atoms with Gasteiger partial charge in [-0.15, -0.1) is 11.3 Å². The Bertz CT molecular complexity index is 1240. The highest BCUT2D eigenvalue weighted by atomic mass is 32.1. The number of benzene rings is 2. The second kappa shape index (κ2) is 9.91. The van der Waals surface area contributed by atoms with E-state index in [-0.39, 0.29) is 17.0 Å². The zero-order valence-corrected chi connectivity index (χ0v) is 19.8. The van der Waals surface area contributed by atoms with Crippen molar-refractivity contribution in [2.75, 3.05) is 7.11 Å². The second-order valence-corrected chi connectivity index (χ2v) is 8.57. The van der Waals surface area contributed by atoms with Crippen LogP contribution in [0.1, 0.15) is 46.6 Å². The third-order valence-electron chi connectivity index (χ3n) is 5.37. The topological polar surface area (TPSA) is 86.7 Å². The van der Waals surface area contributed by atoms with Gasteiger partial charge in [0.1, 0.15) is 0 Å². The standard InChI is InChI=1S/C24H27N3O4S/c1-6-8-21-22(17-10-9-15(3)16(4)13-17)26(7-2)24(32-21)25-23(28)18-11-12-20(31-5)19(14-18)27(29)30/h9-14H,6-8H2,1-5H3. The molecule has 0 aliphatic rings. The summed E-state index contributed by atoms with van der Waals surface area (Å²) in [6.45, 7) is 8.97. The Kier molecular flexibility index (Phi) is 7.25. The first-order valence-electron chi connectivity index (χ1n) is 10.5. The van der Waals surface area contributed by atoms with E-state index in [1.165, 1.54) is 52.6 Å². The maximum Gasteiger partial charge on any atom is 0.311 e. The number of aromatic nitrogens is 1. The second-order valence-electron chi connectivity index (χ2n) is 7.51. The van der Waals surface area contributed by atoms with Gasteiger partial charge in [-0.3, -0.25) is 14.9 Å². The number of thiazole rings is 1. The van der Waals surface area contributed by atoms with E-state index in [2.05, 4.69) is 48.5 Å². The highest BCUT2D eigenvalue weighted by Crippen LogP contribution is 2.30. The summed E-state index contributed by atoms with van der Waals surface area (Å²) in [5, 5.41) is 11.3. The summed E-state index contributed by atoms with van der Waals surface area (Å²) in [4.78, 5) is 29.8. The molecule has 1 heterocycles. The van der Waals surface area contributed by atoms with Crippen LogP contribution in [0.4, 0.5) is 5.69 Å². The van der Waals surface area contributed by atoms with Crippen molar-refractivity contribution in [3.63, 3.8) is 0 Å². The first kappa shape index (κ1) is 23.4. The number of hydrogen-bond acceptors (Lipinski definition) is 5. The van der Waals surface area contributed by atoms with E-state index in [9.17, 15) is 14.9 Å². The van der Waals surface area contributed by atoms with Gasteiger partial charge in [0.25, 0.3) is 5.91 Å². The van der Waals surface area contributed by atoms with E-state index < -0.39 is 10.8 Å². The molecule has 0 bridgehead atoms. The van der Waals surface area contributed by atoms with Gasteiger partial charge in [-0.1, -0.05) is 25.5 Å². The zero-order chi connectivity index (χ0) is 23.4. The van der Waals surface area contributed by atoms with Crippen LogP contribution in [0.2, 0.25) is 0 Å². The summed E-state index contributed by atoms with van der Waals surface area (Å²) in [7, 11) is 1.35. The number of nitro groups is 1. The first-order valence-corrected chi connectivity index (χ1v) is 11.3. The van der Waals surface area contributed by atoms with Gasteiger partial charge in [-0.2, -0.15) is 4.99 Å². The van der Waals surface area contributed by atoms with Crippen molar-refractivity contribution in [2.24, 2.45) is 4.99 Å². The molecular formula is C24H27N3O4S. The molecule has 32 heavy (non-hydrogen) atoms. The number of hydrogen-bond donors (Lipinski definition) is 0. The van der Waals surface area contributed by atoms with E-state index in [1.807, 2.05) is 6.92 Å². The molecule has 0 aliphatic heterocycles. The molecule has 3 rings (SSSR count). The summed E-state index contributed by atoms with van der Waals surface area (Å²) >= 11 is 1.50. The summed E-state index contributed by atoms with van der Waals surface area (Å²) in [5.41, 5.74) is 4.51. The molecule has 0 saturated heterocycles. The number of rotatable bonds is 7. The van der Waals surface area contributed by atoms with E-state index in [0.717, 1.165) is 24.1 Å². The maximum absolute atomic E-state index is 12.9. The van der Waals surface area contributed by atoms with Gasteiger partial charge >= 0.3 is 5.69 Å². The summed E-state index contributed by atoms with van der Waals surface area (Å²) in [6, 6.07) is 10.5. The Morgan fingerprint density at radius 3 is 2.50 bits per heavy atom. The molecule has 0 spiro atoms. The fourth-order valence-electron chi connectivity index (χ4n) is 3.56. The van der Waals surface area contributed by atoms with Crippen molar-refractivity contribution >= 4 is 22.9 Å². The zero-order valence-electron chi connectivity index (χ0n) is 19.0. The van der Waals surface area contributed by atoms with Crippen molar-refractivity contribution in [1.29, 1.82) is 0 Å². The molecule has 1 amide bonds. The third-order valence-corrected chi connectivity index (χ3v) is 6.51. The number of methoxy groups -OCH3 is 1. The number of aryl methyl sites for hydroxylation is 3. The number of ether oxygens (including phenoxy) is 1. The molecule has 7 nitrogen and oxygen atoms in total. The van der Waals surface area contributed by atoms with Crippen LogP contribution in [0, 0.1) is 24.0 Å². The average molecular weight is 454 g/mol. The van der Waals surface area contributed by atoms with E-state index in [1.54, 1.807) is 0 Å². The van der Waals surface area contributed by atoms with E-state index >= 15 is 0 Å². The minimum atomic E-state index is -0.565. The molecule has 0 N–H and O–H groups in total. The van der Waals surface area contributed by atoms with Gasteiger partial charge in [-0.05, 0) is 62.1 Å². The number of nitrogens with zero attached hydrogens (tertiary/aromatic N) is 3. The molecule has 0 aliphatic carbocycles. The molecule has 0 atom stereocenters. The largest absolute Gasteiger partial charge is 0.490 e. The molecular weight excluding hydrogens is 426 g/mol. The Labute approximate surface area is 191 Å². The minimum Gasteiger partial charge on any atom is -0.490 e. The van der Waals surface area contributed by atoms with Gasteiger partial charge in [0.2, 0.25) is 0 Å². The molecule has 0 unspecified atom stereocenters. The maximum atomic E-state index is 12.9. The normalized spacial score (nSPS) is 11.6. The van der Waals surface area contributed by atoms with Crippen LogP contribution in [0.15, 0.2) is 41.4 Å². The van der Waals surface area contributed by atoms with Crippen LogP contribution in [0.25, 0.3) is 11.3 Å². The molecule has 1 aromatic heterocycles. The quantitative estimate of drug-likeness (QED) is 0.351. The van der Waals surface area contributed by atoms with Crippen LogP contribution in [-0.2, 0) is 13.0 Å². The van der Waals surface area contributed by atoms with Crippen molar-refractivity contribution in [2.45, 2.75) is 47.1 Å². The van der Waals surface area contributed by atoms with Gasteiger partial charge in [0.15, 0.2) is 10.6 Å². The fraction of sp³-hybridized carbons (Fsp3) is 0.333. The van der Waals surface area contributed by atoms with Gasteiger partial charge < -0.3 is 9.30 Å². The molecule has 168 valence electrons. The lowest BCUT2D eigenvalue weighted by atomic mass is 10.0. The summed E-state index contributed by atoms with van der Waals surface area (Å²) < 4.78 is 7.07. The van der Waals surface area contributed by atoms with Gasteiger partial charge in [0, 0.05) is 23.1 Å². The lowest BCUT2D eigenvalue weighted by Crippen LogP contribution is -2.17. The minimum absolute atomic E-state index is 0.105. The van der Waals surface area contributed by atoms with Crippen molar-refractivity contribution in [3.8, 4) is 17.0 Å². The first-order chi connectivity index (χ1) is 15.3. The van der Waals surface area contributed by atoms with Gasteiger partial charge in [0.05, 0.1) is 17.7 Å². The predicted octanol–water partition coefficient (Wildman–Crippen LogP) is 5.46. The number of carbonyl (C=O) groups is 1. The molecule has 3 aromatic rings. The van der Waals surface area contributed by atoms with Crippen LogP contribution in [-0.4, -0.2) is 22.5 Å². The highest BCUT2D eigenvalue weighted by Gasteiger charge is 2.19. The average Bonchev–Trinajstić information content (AvgIpc) is 3.11. The molecule has 8 heteroatoms. The summed E-state index contributed by atoms with van der Waals surface area (Å²) in [6.07, 6.45) is 1.85. The lowest BCUT2D eigenvalue weighted by Gasteiger charge is -2.11. The predicted molar refractivity (Wildman–Crippen MR) is 126 cm³/mol. The Balaban J connectivity index is 2.15. The van der Waals surface area contributed by atoms with Crippen molar-refractivity contribution in [3.05, 3.63) is 72.9 Å². The van der Waals surface area contributed by atoms with E-state index in [4.69, 9.17) is 4.74 Å². The number of amides is 1. The molecule has 0 radical (unpaired) electrons. The van der Waals surface area contributed by atoms with Crippen LogP contribution in [0.5, 0.6) is 5.75 Å². The van der Waals surface area contributed by atoms with Crippen molar-refractivity contribution in [1.82, 2.24) is 4.57 Å². The lowest BCUT2D eigenvalue weighted by molar-refractivity contribution is -0.385. The fourth-order valence-corrected chi connectivity index (χ4v) is 4.87. The number of carbonyl (C=O) groups excluding carboxylic acids is 1.